The lowest BCUT2D eigenvalue weighted by Crippen LogP contribution is -2.22. The minimum absolute atomic E-state index is 0.0169. The molecule has 172 valence electrons. The molecular formula is C23H22ClFN4O4. The zero-order chi connectivity index (χ0) is 23.8. The van der Waals surface area contributed by atoms with Crippen molar-refractivity contribution in [3.05, 3.63) is 70.8 Å². The molecule has 0 saturated carbocycles. The monoisotopic (exact) mass is 472 g/mol. The number of carboxylic acids is 1. The Morgan fingerprint density at radius 2 is 2.09 bits per heavy atom. The van der Waals surface area contributed by atoms with Crippen molar-refractivity contribution in [3.8, 4) is 5.75 Å². The van der Waals surface area contributed by atoms with Crippen molar-refractivity contribution in [2.45, 2.75) is 19.4 Å². The van der Waals surface area contributed by atoms with Crippen molar-refractivity contribution >= 4 is 41.2 Å². The number of carbonyl (C=O) groups excluding carboxylic acids is 1. The lowest BCUT2D eigenvalue weighted by molar-refractivity contribution is -0.137. The van der Waals surface area contributed by atoms with Gasteiger partial charge in [0.15, 0.2) is 6.29 Å². The first kappa shape index (κ1) is 23.9. The van der Waals surface area contributed by atoms with E-state index >= 15 is 0 Å². The molecule has 2 aromatic carbocycles. The Balaban J connectivity index is 1.71. The highest BCUT2D eigenvalue weighted by Gasteiger charge is 2.15. The fourth-order valence-corrected chi connectivity index (χ4v) is 3.33. The van der Waals surface area contributed by atoms with E-state index in [2.05, 4.69) is 15.3 Å². The van der Waals surface area contributed by atoms with Gasteiger partial charge in [-0.3, -0.25) is 9.59 Å². The number of nitrogens with zero attached hydrogens (tertiary/aromatic N) is 3. The summed E-state index contributed by atoms with van der Waals surface area (Å²) < 4.78 is 19.0. The Kier molecular flexibility index (Phi) is 8.15. The molecule has 0 radical (unpaired) electrons. The molecule has 3 aromatic rings. The van der Waals surface area contributed by atoms with Crippen LogP contribution < -0.4 is 15.0 Å². The number of halogens is 2. The van der Waals surface area contributed by atoms with Crippen molar-refractivity contribution in [2.24, 2.45) is 0 Å². The fourth-order valence-electron chi connectivity index (χ4n) is 3.09. The standard InChI is InChI=1S/C23H22ClFN4O4/c1-29(9-3-6-21(31)32)23-18(12-30)22(26-14-27-23)28-17-7-8-20(19(24)11-17)33-13-15-4-2-5-16(25)10-15/h2,4-5,7-8,10-12,14H,3,6,9,13H2,1H3,(H,31,32)(H,26,27,28). The number of ether oxygens (including phenoxy) is 1. The molecule has 8 nitrogen and oxygen atoms in total. The van der Waals surface area contributed by atoms with Gasteiger partial charge in [-0.15, -0.1) is 0 Å². The summed E-state index contributed by atoms with van der Waals surface area (Å²) in [6.45, 7) is 0.565. The van der Waals surface area contributed by atoms with Gasteiger partial charge in [-0.1, -0.05) is 23.7 Å². The Hall–Kier alpha value is -3.72. The normalized spacial score (nSPS) is 10.5. The zero-order valence-corrected chi connectivity index (χ0v) is 18.6. The molecule has 0 atom stereocenters. The number of carboxylic acid groups (broad SMARTS) is 1. The summed E-state index contributed by atoms with van der Waals surface area (Å²) in [4.78, 5) is 32.5. The van der Waals surface area contributed by atoms with E-state index in [1.54, 1.807) is 42.3 Å². The number of rotatable bonds is 11. The molecule has 0 aliphatic carbocycles. The van der Waals surface area contributed by atoms with E-state index in [0.29, 0.717) is 47.1 Å². The van der Waals surface area contributed by atoms with Crippen LogP contribution in [0.25, 0.3) is 0 Å². The van der Waals surface area contributed by atoms with Gasteiger partial charge in [0.25, 0.3) is 0 Å². The number of nitrogens with one attached hydrogen (secondary N) is 1. The van der Waals surface area contributed by atoms with Crippen molar-refractivity contribution in [2.75, 3.05) is 23.8 Å². The van der Waals surface area contributed by atoms with Crippen LogP contribution in [0.1, 0.15) is 28.8 Å². The molecule has 0 unspecified atom stereocenters. The smallest absolute Gasteiger partial charge is 0.303 e. The van der Waals surface area contributed by atoms with E-state index in [1.807, 2.05) is 0 Å². The Morgan fingerprint density at radius 3 is 2.79 bits per heavy atom. The first-order valence-electron chi connectivity index (χ1n) is 10.0. The minimum atomic E-state index is -0.885. The first-order chi connectivity index (χ1) is 15.9. The molecule has 0 fully saturated rings. The second kappa shape index (κ2) is 11.2. The Labute approximate surface area is 195 Å². The van der Waals surface area contributed by atoms with E-state index in [4.69, 9.17) is 21.4 Å². The minimum Gasteiger partial charge on any atom is -0.487 e. The fraction of sp³-hybridized carbons (Fsp3) is 0.217. The van der Waals surface area contributed by atoms with Crippen molar-refractivity contribution in [1.82, 2.24) is 9.97 Å². The van der Waals surface area contributed by atoms with E-state index < -0.39 is 5.97 Å². The molecule has 2 N–H and O–H groups in total. The highest BCUT2D eigenvalue weighted by molar-refractivity contribution is 6.32. The third-order valence-electron chi connectivity index (χ3n) is 4.70. The average Bonchev–Trinajstić information content (AvgIpc) is 2.78. The SMILES string of the molecule is CN(CCCC(=O)O)c1ncnc(Nc2ccc(OCc3cccc(F)c3)c(Cl)c2)c1C=O. The van der Waals surface area contributed by atoms with E-state index in [1.165, 1.54) is 18.5 Å². The van der Waals surface area contributed by atoms with Gasteiger partial charge in [0, 0.05) is 25.7 Å². The second-order valence-electron chi connectivity index (χ2n) is 7.19. The van der Waals surface area contributed by atoms with Crippen molar-refractivity contribution in [3.63, 3.8) is 0 Å². The van der Waals surface area contributed by atoms with Crippen LogP contribution in [0.5, 0.6) is 5.75 Å². The summed E-state index contributed by atoms with van der Waals surface area (Å²) in [6.07, 6.45) is 2.38. The Morgan fingerprint density at radius 1 is 1.27 bits per heavy atom. The molecule has 0 saturated heterocycles. The Bertz CT molecular complexity index is 1150. The van der Waals surface area contributed by atoms with Gasteiger partial charge >= 0.3 is 5.97 Å². The number of benzene rings is 2. The van der Waals surface area contributed by atoms with Crippen LogP contribution in [0, 0.1) is 5.82 Å². The summed E-state index contributed by atoms with van der Waals surface area (Å²) in [6, 6.07) is 11.1. The predicted octanol–water partition coefficient (Wildman–Crippen LogP) is 4.71. The largest absolute Gasteiger partial charge is 0.487 e. The van der Waals surface area contributed by atoms with E-state index in [-0.39, 0.29) is 30.2 Å². The summed E-state index contributed by atoms with van der Waals surface area (Å²) in [5.41, 5.74) is 1.47. The third-order valence-corrected chi connectivity index (χ3v) is 5.00. The third kappa shape index (κ3) is 6.63. The molecule has 10 heteroatoms. The summed E-state index contributed by atoms with van der Waals surface area (Å²) in [5, 5.41) is 12.2. The van der Waals surface area contributed by atoms with Crippen LogP contribution in [-0.2, 0) is 11.4 Å². The van der Waals surface area contributed by atoms with E-state index in [0.717, 1.165) is 0 Å². The molecule has 3 rings (SSSR count). The number of anilines is 3. The maximum Gasteiger partial charge on any atom is 0.303 e. The number of hydrogen-bond donors (Lipinski definition) is 2. The summed E-state index contributed by atoms with van der Waals surface area (Å²) >= 11 is 6.33. The van der Waals surface area contributed by atoms with Crippen LogP contribution in [0.4, 0.5) is 21.7 Å². The van der Waals surface area contributed by atoms with E-state index in [9.17, 15) is 14.0 Å². The molecule has 0 bridgehead atoms. The molecule has 1 aromatic heterocycles. The maximum absolute atomic E-state index is 13.3. The maximum atomic E-state index is 13.3. The molecule has 33 heavy (non-hydrogen) atoms. The number of carbonyl (C=O) groups is 2. The predicted molar refractivity (Wildman–Crippen MR) is 123 cm³/mol. The van der Waals surface area contributed by atoms with Crippen LogP contribution in [0.2, 0.25) is 5.02 Å². The van der Waals surface area contributed by atoms with Gasteiger partial charge < -0.3 is 20.1 Å². The second-order valence-corrected chi connectivity index (χ2v) is 7.59. The lowest BCUT2D eigenvalue weighted by Gasteiger charge is -2.20. The highest BCUT2D eigenvalue weighted by atomic mass is 35.5. The summed E-state index contributed by atoms with van der Waals surface area (Å²) in [7, 11) is 1.72. The van der Waals surface area contributed by atoms with Gasteiger partial charge in [0.1, 0.15) is 36.1 Å². The number of aliphatic carboxylic acids is 1. The van der Waals surface area contributed by atoms with Crippen LogP contribution in [0.3, 0.4) is 0 Å². The van der Waals surface area contributed by atoms with Gasteiger partial charge in [-0.2, -0.15) is 0 Å². The highest BCUT2D eigenvalue weighted by Crippen LogP contribution is 2.31. The molecular weight excluding hydrogens is 451 g/mol. The van der Waals surface area contributed by atoms with Crippen LogP contribution in [-0.4, -0.2) is 40.9 Å². The topological polar surface area (TPSA) is 105 Å². The summed E-state index contributed by atoms with van der Waals surface area (Å²) in [5.74, 6) is -0.143. The van der Waals surface area contributed by atoms with Crippen LogP contribution >= 0.6 is 11.6 Å². The molecule has 1 heterocycles. The molecule has 0 aliphatic rings. The quantitative estimate of drug-likeness (QED) is 0.387. The van der Waals surface area contributed by atoms with Gasteiger partial charge in [-0.05, 0) is 42.3 Å². The zero-order valence-electron chi connectivity index (χ0n) is 17.8. The molecule has 0 spiro atoms. The van der Waals surface area contributed by atoms with Gasteiger partial charge in [0.2, 0.25) is 0 Å². The average molecular weight is 473 g/mol. The van der Waals surface area contributed by atoms with Crippen molar-refractivity contribution in [1.29, 1.82) is 0 Å². The lowest BCUT2D eigenvalue weighted by atomic mass is 10.2. The van der Waals surface area contributed by atoms with Gasteiger partial charge in [-0.25, -0.2) is 14.4 Å². The molecule has 0 aliphatic heterocycles. The van der Waals surface area contributed by atoms with Crippen molar-refractivity contribution < 1.29 is 23.8 Å². The molecule has 0 amide bonds. The number of hydrogen-bond acceptors (Lipinski definition) is 7. The van der Waals surface area contributed by atoms with Crippen LogP contribution in [0.15, 0.2) is 48.8 Å². The van der Waals surface area contributed by atoms with Gasteiger partial charge in [0.05, 0.1) is 10.6 Å². The first-order valence-corrected chi connectivity index (χ1v) is 10.4. The number of aldehydes is 1. The number of aromatic nitrogens is 2.